The summed E-state index contributed by atoms with van der Waals surface area (Å²) in [5, 5.41) is 27.4. The molecule has 0 bridgehead atoms. The van der Waals surface area contributed by atoms with E-state index in [-0.39, 0.29) is 72.1 Å². The fourth-order valence-corrected chi connectivity index (χ4v) is 12.7. The van der Waals surface area contributed by atoms with E-state index in [9.17, 15) is 70.5 Å². The second-order valence-corrected chi connectivity index (χ2v) is 25.4. The normalized spacial score (nSPS) is 17.4. The number of nitrogens with one attached hydrogen (secondary N) is 2. The highest BCUT2D eigenvalue weighted by Gasteiger charge is 2.40. The molecule has 3 unspecified atom stereocenters. The Morgan fingerprint density at radius 3 is 1.35 bits per heavy atom. The average Bonchev–Trinajstić information content (AvgIpc) is 4.18. The van der Waals surface area contributed by atoms with Crippen LogP contribution in [0.15, 0.2) is 119 Å². The summed E-state index contributed by atoms with van der Waals surface area (Å²) >= 11 is 0. The van der Waals surface area contributed by atoms with Gasteiger partial charge in [0.2, 0.25) is 20.0 Å². The maximum atomic E-state index is 13.7. The van der Waals surface area contributed by atoms with Crippen LogP contribution in [0.5, 0.6) is 0 Å². The van der Waals surface area contributed by atoms with E-state index in [1.807, 2.05) is 0 Å². The largest absolute Gasteiger partial charge is 0.695 e. The summed E-state index contributed by atoms with van der Waals surface area (Å²) in [4.78, 5) is 75.1. The number of nitro benzene ring substituents is 2. The third-order valence-corrected chi connectivity index (χ3v) is 16.9. The SMILES string of the molecule is CC(C)CN(C[C@@H](OP(=O)(O)O)[C@H](Cc1ccccc1)NC(=O)OC1CCOC1)S(=O)(=O)c1ccc([N+](=O)[O-])cc1.CC(C)CN(C[C@@H](O[P+](=O)O)[C@H](Cc1ccccc1)NC(=O)OC1CCOC1)S(=O)(=O)c1ccc([N+](=O)[O-])cc1. The summed E-state index contributed by atoms with van der Waals surface area (Å²) in [6.07, 6.45) is -4.28. The Balaban J connectivity index is 0.000000297. The third kappa shape index (κ3) is 21.7. The van der Waals surface area contributed by atoms with E-state index in [1.54, 1.807) is 88.4 Å². The van der Waals surface area contributed by atoms with Crippen molar-refractivity contribution in [2.45, 2.75) is 99.7 Å². The first-order valence-corrected chi connectivity index (χ1v) is 31.0. The number of ether oxygens (including phenoxy) is 4. The van der Waals surface area contributed by atoms with Crippen molar-refractivity contribution in [1.82, 2.24) is 19.2 Å². The van der Waals surface area contributed by atoms with Gasteiger partial charge in [-0.2, -0.15) is 8.61 Å². The number of nitrogens with zero attached hydrogens (tertiary/aromatic N) is 4. The first-order chi connectivity index (χ1) is 38.2. The van der Waals surface area contributed by atoms with E-state index < -0.39 is 108 Å². The van der Waals surface area contributed by atoms with Crippen molar-refractivity contribution in [3.05, 3.63) is 141 Å². The van der Waals surface area contributed by atoms with Gasteiger partial charge in [0.1, 0.15) is 18.3 Å². The molecule has 0 spiro atoms. The van der Waals surface area contributed by atoms with Gasteiger partial charge in [0.25, 0.3) is 11.4 Å². The lowest BCUT2D eigenvalue weighted by atomic mass is 10.0. The Hall–Kier alpha value is -5.91. The number of carbonyl (C=O) groups excluding carboxylic acids is 2. The monoisotopic (exact) mass is 1210 g/mol. The van der Waals surface area contributed by atoms with Crippen LogP contribution in [0.1, 0.15) is 51.7 Å². The summed E-state index contributed by atoms with van der Waals surface area (Å²) in [6.45, 7) is 7.36. The number of non-ortho nitro benzene ring substituents is 2. The molecular formula is C50H67N6O21P2S2+. The van der Waals surface area contributed by atoms with Crippen molar-refractivity contribution in [2.75, 3.05) is 52.6 Å². The maximum Gasteiger partial charge on any atom is 0.695 e. The first-order valence-electron chi connectivity index (χ1n) is 25.4. The lowest BCUT2D eigenvalue weighted by Crippen LogP contribution is -2.52. The number of benzene rings is 4. The van der Waals surface area contributed by atoms with Gasteiger partial charge in [0, 0.05) is 67.9 Å². The molecule has 6 rings (SSSR count). The highest BCUT2D eigenvalue weighted by Crippen LogP contribution is 2.39. The van der Waals surface area contributed by atoms with Gasteiger partial charge < -0.3 is 39.4 Å². The molecule has 2 saturated heterocycles. The molecule has 2 heterocycles. The Bertz CT molecular complexity index is 2970. The summed E-state index contributed by atoms with van der Waals surface area (Å²) in [5.41, 5.74) is 0.855. The standard InChI is InChI=1S/C25H34N3O11PS.C25H32N3O10PS/c1-18(2)15-27(41(35,36)22-10-8-20(9-11-22)28(30)31)16-24(39-40(32,33)34)23(14-19-6-4-3-5-7-19)26-25(29)38-21-12-13-37-17-21;1-18(2)15-27(40(34,35)22-10-8-20(9-11-22)28(30)31)16-24(38-39(32)33)23(14-19-6-4-3-5-7-19)26-25(29)37-21-12-13-36-17-21/h3-11,18,21,23-24H,12-17H2,1-2H3,(H,26,29)(H2,32,33,34);3-11,18,21,23-24H,12-17H2,1-2H3,(H-,26,29,32,33)/p+1/t2*21?,23-,24+/m00/s1. The molecular weight excluding hydrogens is 1150 g/mol. The number of phosphoric acid groups is 1. The number of hydrogen-bond donors (Lipinski definition) is 5. The molecule has 7 atom stereocenters. The zero-order valence-corrected chi connectivity index (χ0v) is 48.1. The lowest BCUT2D eigenvalue weighted by molar-refractivity contribution is -0.385. The average molecular weight is 1210 g/mol. The minimum atomic E-state index is -5.19. The summed E-state index contributed by atoms with van der Waals surface area (Å²) < 4.78 is 112. The number of hydrogen-bond acceptors (Lipinski definition) is 18. The van der Waals surface area contributed by atoms with E-state index in [4.69, 9.17) is 28.0 Å². The van der Waals surface area contributed by atoms with Gasteiger partial charge in [-0.05, 0) is 60.1 Å². The second kappa shape index (κ2) is 30.9. The Morgan fingerprint density at radius 1 is 0.654 bits per heavy atom. The number of phosphoric ester groups is 1. The number of rotatable bonds is 28. The van der Waals surface area contributed by atoms with Gasteiger partial charge in [-0.1, -0.05) is 88.4 Å². The van der Waals surface area contributed by atoms with Crippen LogP contribution in [0, 0.1) is 32.1 Å². The maximum absolute atomic E-state index is 13.7. The van der Waals surface area contributed by atoms with Crippen LogP contribution >= 0.6 is 16.1 Å². The topological polar surface area (TPSA) is 369 Å². The molecule has 0 saturated carbocycles. The molecule has 0 radical (unpaired) electrons. The Morgan fingerprint density at radius 2 is 1.02 bits per heavy atom. The molecule has 31 heteroatoms. The van der Waals surface area contributed by atoms with Crippen LogP contribution in [-0.2, 0) is 70.0 Å². The minimum Gasteiger partial charge on any atom is -0.444 e. The number of amides is 2. The third-order valence-electron chi connectivity index (χ3n) is 12.2. The molecule has 5 N–H and O–H groups in total. The molecule has 0 aliphatic carbocycles. The van der Waals surface area contributed by atoms with Crippen LogP contribution in [-0.4, -0.2) is 151 Å². The van der Waals surface area contributed by atoms with Crippen molar-refractivity contribution in [2.24, 2.45) is 11.8 Å². The fraction of sp³-hybridized carbons (Fsp3) is 0.480. The molecule has 2 fully saturated rings. The molecule has 2 amide bonds. The van der Waals surface area contributed by atoms with Crippen molar-refractivity contribution in [3.8, 4) is 0 Å². The Kier molecular flexibility index (Phi) is 25.2. The molecule has 2 aliphatic rings. The van der Waals surface area contributed by atoms with Crippen LogP contribution in [0.2, 0.25) is 0 Å². The summed E-state index contributed by atoms with van der Waals surface area (Å²) in [7, 11) is -16.9. The second-order valence-electron chi connectivity index (χ2n) is 19.6. The van der Waals surface area contributed by atoms with E-state index in [0.29, 0.717) is 31.6 Å². The summed E-state index contributed by atoms with van der Waals surface area (Å²) in [6, 6.07) is 24.3. The van der Waals surface area contributed by atoms with Crippen LogP contribution in [0.3, 0.4) is 0 Å². The van der Waals surface area contributed by atoms with Crippen molar-refractivity contribution in [3.63, 3.8) is 0 Å². The lowest BCUT2D eigenvalue weighted by Gasteiger charge is -2.33. The van der Waals surface area contributed by atoms with Crippen LogP contribution in [0.25, 0.3) is 0 Å². The minimum absolute atomic E-state index is 0.00328. The smallest absolute Gasteiger partial charge is 0.444 e. The predicted molar refractivity (Wildman–Crippen MR) is 291 cm³/mol. The van der Waals surface area contributed by atoms with Gasteiger partial charge in [-0.15, -0.1) is 9.42 Å². The predicted octanol–water partition coefficient (Wildman–Crippen LogP) is 6.25. The molecule has 444 valence electrons. The van der Waals surface area contributed by atoms with Crippen molar-refractivity contribution in [1.29, 1.82) is 0 Å². The van der Waals surface area contributed by atoms with E-state index in [2.05, 4.69) is 10.6 Å². The zero-order chi connectivity index (χ0) is 59.5. The molecule has 0 aromatic heterocycles. The quantitative estimate of drug-likeness (QED) is 0.0238. The van der Waals surface area contributed by atoms with Gasteiger partial charge in [-0.3, -0.25) is 24.8 Å². The number of sulfonamides is 2. The number of alkyl carbamates (subject to hydrolysis) is 2. The van der Waals surface area contributed by atoms with E-state index in [1.165, 1.54) is 0 Å². The Labute approximate surface area is 469 Å². The van der Waals surface area contributed by atoms with Crippen LogP contribution < -0.4 is 10.6 Å². The van der Waals surface area contributed by atoms with Crippen molar-refractivity contribution < 1.29 is 88.1 Å². The molecule has 27 nitrogen and oxygen atoms in total. The highest BCUT2D eigenvalue weighted by atomic mass is 32.2. The van der Waals surface area contributed by atoms with Gasteiger partial charge in [-0.25, -0.2) is 31.0 Å². The number of carbonyl (C=O) groups is 2. The first kappa shape index (κ1) is 65.9. The molecule has 2 aliphatic heterocycles. The fourth-order valence-electron chi connectivity index (χ4n) is 8.47. The van der Waals surface area contributed by atoms with E-state index in [0.717, 1.165) is 62.7 Å². The van der Waals surface area contributed by atoms with Gasteiger partial charge >= 0.3 is 28.3 Å². The molecule has 4 aromatic rings. The van der Waals surface area contributed by atoms with Gasteiger partial charge in [0.15, 0.2) is 6.10 Å². The molecule has 4 aromatic carbocycles. The van der Waals surface area contributed by atoms with Crippen molar-refractivity contribution >= 4 is 59.7 Å². The molecule has 81 heavy (non-hydrogen) atoms. The zero-order valence-electron chi connectivity index (χ0n) is 44.7. The highest BCUT2D eigenvalue weighted by molar-refractivity contribution is 7.89. The van der Waals surface area contributed by atoms with Gasteiger partial charge in [0.05, 0.1) is 58.1 Å². The van der Waals surface area contributed by atoms with Crippen LogP contribution in [0.4, 0.5) is 21.0 Å². The van der Waals surface area contributed by atoms with E-state index >= 15 is 0 Å². The summed E-state index contributed by atoms with van der Waals surface area (Å²) in [5.74, 6) is -0.393. The number of nitro groups is 2.